The molecule has 1 aliphatic carbocycles. The van der Waals surface area contributed by atoms with Crippen molar-refractivity contribution in [3.8, 4) is 0 Å². The lowest BCUT2D eigenvalue weighted by Gasteiger charge is -2.37. The summed E-state index contributed by atoms with van der Waals surface area (Å²) in [6.45, 7) is 5.38. The highest BCUT2D eigenvalue weighted by Crippen LogP contribution is 2.44. The first-order chi connectivity index (χ1) is 7.17. The Morgan fingerprint density at radius 2 is 2.27 bits per heavy atom. The highest BCUT2D eigenvalue weighted by molar-refractivity contribution is 5.68. The van der Waals surface area contributed by atoms with Crippen LogP contribution >= 0.6 is 0 Å². The zero-order valence-electron chi connectivity index (χ0n) is 9.30. The van der Waals surface area contributed by atoms with Crippen LogP contribution < -0.4 is 10.6 Å². The monoisotopic (exact) mass is 203 g/mol. The van der Waals surface area contributed by atoms with Crippen molar-refractivity contribution in [1.29, 1.82) is 0 Å². The van der Waals surface area contributed by atoms with Gasteiger partial charge < -0.3 is 10.6 Å². The van der Waals surface area contributed by atoms with Crippen LogP contribution in [0.4, 0.5) is 11.5 Å². The van der Waals surface area contributed by atoms with Crippen LogP contribution in [-0.4, -0.2) is 17.1 Å². The minimum absolute atomic E-state index is 0.204. The second-order valence-electron chi connectivity index (χ2n) is 5.08. The van der Waals surface area contributed by atoms with E-state index in [2.05, 4.69) is 35.5 Å². The van der Waals surface area contributed by atoms with Crippen molar-refractivity contribution in [2.24, 2.45) is 5.92 Å². The molecule has 0 bridgehead atoms. The van der Waals surface area contributed by atoms with Gasteiger partial charge in [-0.25, -0.2) is 4.98 Å². The maximum absolute atomic E-state index is 4.45. The number of nitrogens with one attached hydrogen (secondary N) is 2. The van der Waals surface area contributed by atoms with Gasteiger partial charge in [-0.3, -0.25) is 0 Å². The van der Waals surface area contributed by atoms with E-state index in [9.17, 15) is 0 Å². The van der Waals surface area contributed by atoms with Crippen LogP contribution in [0.3, 0.4) is 0 Å². The third kappa shape index (κ3) is 1.46. The Morgan fingerprint density at radius 3 is 3.00 bits per heavy atom. The number of aryl methyl sites for hydroxylation is 1. The fourth-order valence-corrected chi connectivity index (χ4v) is 2.36. The van der Waals surface area contributed by atoms with E-state index in [4.69, 9.17) is 0 Å². The summed E-state index contributed by atoms with van der Waals surface area (Å²) in [5, 5.41) is 7.08. The zero-order valence-corrected chi connectivity index (χ0v) is 9.30. The van der Waals surface area contributed by atoms with Crippen LogP contribution in [0.1, 0.15) is 25.3 Å². The molecule has 1 aromatic rings. The maximum Gasteiger partial charge on any atom is 0.149 e. The Labute approximate surface area is 90.3 Å². The molecular weight excluding hydrogens is 186 g/mol. The molecule has 3 heteroatoms. The van der Waals surface area contributed by atoms with Gasteiger partial charge >= 0.3 is 0 Å². The fourth-order valence-electron chi connectivity index (χ4n) is 2.36. The largest absolute Gasteiger partial charge is 0.380 e. The normalized spacial score (nSPS) is 28.9. The number of nitrogens with zero attached hydrogens (tertiary/aromatic N) is 1. The van der Waals surface area contributed by atoms with Crippen molar-refractivity contribution in [3.05, 3.63) is 17.8 Å². The van der Waals surface area contributed by atoms with Gasteiger partial charge in [0, 0.05) is 12.7 Å². The number of rotatable bonds is 1. The number of aromatic nitrogens is 1. The molecule has 1 atom stereocenters. The van der Waals surface area contributed by atoms with E-state index >= 15 is 0 Å². The minimum atomic E-state index is 0.204. The highest BCUT2D eigenvalue weighted by atomic mass is 15.2. The lowest BCUT2D eigenvalue weighted by molar-refractivity contribution is 0.463. The summed E-state index contributed by atoms with van der Waals surface area (Å²) in [7, 11) is 0. The van der Waals surface area contributed by atoms with Crippen LogP contribution in [-0.2, 0) is 0 Å². The number of hydrogen-bond donors (Lipinski definition) is 2. The van der Waals surface area contributed by atoms with Crippen molar-refractivity contribution in [3.63, 3.8) is 0 Å². The molecule has 1 aromatic heterocycles. The summed E-state index contributed by atoms with van der Waals surface area (Å²) in [5.74, 6) is 1.84. The zero-order chi connectivity index (χ0) is 10.5. The van der Waals surface area contributed by atoms with Crippen molar-refractivity contribution in [1.82, 2.24) is 4.98 Å². The molecule has 0 spiro atoms. The summed E-state index contributed by atoms with van der Waals surface area (Å²) < 4.78 is 0. The molecule has 3 rings (SSSR count). The quantitative estimate of drug-likeness (QED) is 0.736. The summed E-state index contributed by atoms with van der Waals surface area (Å²) in [6.07, 6.45) is 4.63. The second-order valence-corrected chi connectivity index (χ2v) is 5.08. The first-order valence-corrected chi connectivity index (χ1v) is 5.66. The van der Waals surface area contributed by atoms with Gasteiger partial charge in [0.05, 0.1) is 11.2 Å². The molecule has 1 aliphatic heterocycles. The van der Waals surface area contributed by atoms with Gasteiger partial charge in [0.25, 0.3) is 0 Å². The first kappa shape index (κ1) is 9.01. The lowest BCUT2D eigenvalue weighted by atomic mass is 9.93. The minimum Gasteiger partial charge on any atom is -0.380 e. The lowest BCUT2D eigenvalue weighted by Crippen LogP contribution is -2.47. The molecule has 3 nitrogen and oxygen atoms in total. The molecule has 1 unspecified atom stereocenters. The fraction of sp³-hybridized carbons (Fsp3) is 0.583. The third-order valence-electron chi connectivity index (χ3n) is 3.55. The molecular formula is C12H17N3. The Hall–Kier alpha value is -1.25. The van der Waals surface area contributed by atoms with Crippen molar-refractivity contribution in [2.45, 2.75) is 32.2 Å². The topological polar surface area (TPSA) is 37.0 Å². The first-order valence-electron chi connectivity index (χ1n) is 5.66. The molecule has 2 aliphatic rings. The SMILES string of the molecule is Cc1cnc2c(c1)NCC(C)(C1CC1)N2. The van der Waals surface area contributed by atoms with E-state index < -0.39 is 0 Å². The average Bonchev–Trinajstić information content (AvgIpc) is 3.02. The van der Waals surface area contributed by atoms with E-state index in [0.717, 1.165) is 24.0 Å². The third-order valence-corrected chi connectivity index (χ3v) is 3.55. The Morgan fingerprint density at radius 1 is 1.47 bits per heavy atom. The summed E-state index contributed by atoms with van der Waals surface area (Å²) in [4.78, 5) is 4.45. The van der Waals surface area contributed by atoms with Crippen LogP contribution in [0.2, 0.25) is 0 Å². The molecule has 80 valence electrons. The molecule has 0 saturated heterocycles. The van der Waals surface area contributed by atoms with Crippen LogP contribution in [0.15, 0.2) is 12.3 Å². The predicted octanol–water partition coefficient (Wildman–Crippen LogP) is 2.40. The molecule has 2 N–H and O–H groups in total. The molecule has 15 heavy (non-hydrogen) atoms. The van der Waals surface area contributed by atoms with Gasteiger partial charge in [-0.15, -0.1) is 0 Å². The highest BCUT2D eigenvalue weighted by Gasteiger charge is 2.43. The van der Waals surface area contributed by atoms with Gasteiger partial charge in [0.2, 0.25) is 0 Å². The van der Waals surface area contributed by atoms with E-state index in [1.54, 1.807) is 0 Å². The van der Waals surface area contributed by atoms with Gasteiger partial charge in [-0.1, -0.05) is 0 Å². The molecule has 2 heterocycles. The van der Waals surface area contributed by atoms with Crippen molar-refractivity contribution >= 4 is 11.5 Å². The standard InChI is InChI=1S/C12H17N3/c1-8-5-10-11(13-6-8)15-12(2,7-14-10)9-3-4-9/h5-6,9,14H,3-4,7H2,1-2H3,(H,13,15). The summed E-state index contributed by atoms with van der Waals surface area (Å²) in [5.41, 5.74) is 2.56. The molecule has 0 aromatic carbocycles. The summed E-state index contributed by atoms with van der Waals surface area (Å²) >= 11 is 0. The van der Waals surface area contributed by atoms with Crippen molar-refractivity contribution in [2.75, 3.05) is 17.2 Å². The smallest absolute Gasteiger partial charge is 0.149 e. The van der Waals surface area contributed by atoms with Gasteiger partial charge in [-0.05, 0) is 44.2 Å². The van der Waals surface area contributed by atoms with E-state index in [-0.39, 0.29) is 5.54 Å². The van der Waals surface area contributed by atoms with Crippen LogP contribution in [0.25, 0.3) is 0 Å². The molecule has 1 saturated carbocycles. The van der Waals surface area contributed by atoms with Crippen LogP contribution in [0, 0.1) is 12.8 Å². The Kier molecular flexibility index (Phi) is 1.73. The van der Waals surface area contributed by atoms with E-state index in [1.807, 2.05) is 6.20 Å². The number of fused-ring (bicyclic) bond motifs is 1. The van der Waals surface area contributed by atoms with Gasteiger partial charge in [-0.2, -0.15) is 0 Å². The van der Waals surface area contributed by atoms with Gasteiger partial charge in [0.1, 0.15) is 5.82 Å². The Balaban J connectivity index is 1.92. The second kappa shape index (κ2) is 2.87. The number of pyridine rings is 1. The van der Waals surface area contributed by atoms with Crippen LogP contribution in [0.5, 0.6) is 0 Å². The van der Waals surface area contributed by atoms with E-state index in [1.165, 1.54) is 18.4 Å². The average molecular weight is 203 g/mol. The predicted molar refractivity (Wildman–Crippen MR) is 62.2 cm³/mol. The van der Waals surface area contributed by atoms with E-state index in [0.29, 0.717) is 0 Å². The molecule has 0 amide bonds. The molecule has 1 fully saturated rings. The van der Waals surface area contributed by atoms with Crippen molar-refractivity contribution < 1.29 is 0 Å². The number of anilines is 2. The van der Waals surface area contributed by atoms with Gasteiger partial charge in [0.15, 0.2) is 0 Å². The Bertz CT molecular complexity index is 398. The molecule has 0 radical (unpaired) electrons. The number of hydrogen-bond acceptors (Lipinski definition) is 3. The maximum atomic E-state index is 4.45. The summed E-state index contributed by atoms with van der Waals surface area (Å²) in [6, 6.07) is 2.15.